The Labute approximate surface area is 116 Å². The zero-order valence-electron chi connectivity index (χ0n) is 10.8. The van der Waals surface area contributed by atoms with E-state index >= 15 is 0 Å². The van der Waals surface area contributed by atoms with Crippen LogP contribution in [0.5, 0.6) is 0 Å². The van der Waals surface area contributed by atoms with Crippen LogP contribution in [0.3, 0.4) is 0 Å². The SMILES string of the molecule is Cc1ccc(S(=O)(=O)Nc2cccc(F)c2)cc1CO. The summed E-state index contributed by atoms with van der Waals surface area (Å²) in [5, 5.41) is 9.17. The Morgan fingerprint density at radius 2 is 1.95 bits per heavy atom. The van der Waals surface area contributed by atoms with Crippen LogP contribution >= 0.6 is 0 Å². The Hall–Kier alpha value is -1.92. The van der Waals surface area contributed by atoms with Crippen molar-refractivity contribution in [3.63, 3.8) is 0 Å². The predicted octanol–water partition coefficient (Wildman–Crippen LogP) is 2.43. The average Bonchev–Trinajstić information content (AvgIpc) is 2.38. The highest BCUT2D eigenvalue weighted by Gasteiger charge is 2.15. The van der Waals surface area contributed by atoms with Gasteiger partial charge in [0.25, 0.3) is 10.0 Å². The minimum atomic E-state index is -3.81. The first-order chi connectivity index (χ1) is 9.42. The second kappa shape index (κ2) is 5.60. The molecule has 2 aromatic carbocycles. The zero-order chi connectivity index (χ0) is 14.8. The van der Waals surface area contributed by atoms with Crippen LogP contribution in [0.2, 0.25) is 0 Å². The molecule has 0 unspecified atom stereocenters. The summed E-state index contributed by atoms with van der Waals surface area (Å²) in [5.74, 6) is -0.523. The molecule has 0 amide bonds. The molecule has 0 aliphatic carbocycles. The predicted molar refractivity (Wildman–Crippen MR) is 74.3 cm³/mol. The molecule has 0 fully saturated rings. The van der Waals surface area contributed by atoms with Crippen molar-refractivity contribution in [3.05, 3.63) is 59.4 Å². The summed E-state index contributed by atoms with van der Waals surface area (Å²) >= 11 is 0. The zero-order valence-corrected chi connectivity index (χ0v) is 11.6. The van der Waals surface area contributed by atoms with Gasteiger partial charge in [0.15, 0.2) is 0 Å². The van der Waals surface area contributed by atoms with E-state index in [1.54, 1.807) is 13.0 Å². The molecule has 0 aromatic heterocycles. The molecule has 0 saturated heterocycles. The van der Waals surface area contributed by atoms with Gasteiger partial charge in [0, 0.05) is 0 Å². The number of aryl methyl sites for hydroxylation is 1. The summed E-state index contributed by atoms with van der Waals surface area (Å²) in [6.07, 6.45) is 0. The number of hydrogen-bond acceptors (Lipinski definition) is 3. The van der Waals surface area contributed by atoms with E-state index in [2.05, 4.69) is 4.72 Å². The second-order valence-corrected chi connectivity index (χ2v) is 6.04. The van der Waals surface area contributed by atoms with E-state index in [0.29, 0.717) is 5.56 Å². The van der Waals surface area contributed by atoms with Crippen LogP contribution in [0.4, 0.5) is 10.1 Å². The molecule has 0 atom stereocenters. The lowest BCUT2D eigenvalue weighted by molar-refractivity contribution is 0.281. The molecule has 0 spiro atoms. The molecule has 106 valence electrons. The highest BCUT2D eigenvalue weighted by Crippen LogP contribution is 2.19. The van der Waals surface area contributed by atoms with E-state index in [4.69, 9.17) is 5.11 Å². The minimum absolute atomic E-state index is 0.0245. The molecule has 0 heterocycles. The number of anilines is 1. The molecule has 0 radical (unpaired) electrons. The van der Waals surface area contributed by atoms with Crippen molar-refractivity contribution in [2.24, 2.45) is 0 Å². The van der Waals surface area contributed by atoms with Gasteiger partial charge in [0.1, 0.15) is 5.82 Å². The van der Waals surface area contributed by atoms with Gasteiger partial charge in [0.2, 0.25) is 0 Å². The van der Waals surface area contributed by atoms with Crippen LogP contribution in [0.1, 0.15) is 11.1 Å². The molecule has 0 saturated carbocycles. The van der Waals surface area contributed by atoms with Gasteiger partial charge in [-0.25, -0.2) is 12.8 Å². The van der Waals surface area contributed by atoms with Crippen molar-refractivity contribution < 1.29 is 17.9 Å². The first-order valence-corrected chi connectivity index (χ1v) is 7.39. The topological polar surface area (TPSA) is 66.4 Å². The van der Waals surface area contributed by atoms with Crippen LogP contribution in [-0.4, -0.2) is 13.5 Å². The number of benzene rings is 2. The number of hydrogen-bond donors (Lipinski definition) is 2. The van der Waals surface area contributed by atoms with Crippen LogP contribution in [0.15, 0.2) is 47.4 Å². The van der Waals surface area contributed by atoms with Gasteiger partial charge in [-0.1, -0.05) is 12.1 Å². The Kier molecular flexibility index (Phi) is 4.06. The van der Waals surface area contributed by atoms with Crippen molar-refractivity contribution in [1.29, 1.82) is 0 Å². The third kappa shape index (κ3) is 3.15. The largest absolute Gasteiger partial charge is 0.392 e. The fraction of sp³-hybridized carbons (Fsp3) is 0.143. The molecule has 0 aliphatic rings. The van der Waals surface area contributed by atoms with E-state index in [0.717, 1.165) is 11.6 Å². The molecule has 0 aliphatic heterocycles. The van der Waals surface area contributed by atoms with Crippen LogP contribution in [0, 0.1) is 12.7 Å². The van der Waals surface area contributed by atoms with Crippen molar-refractivity contribution in [2.75, 3.05) is 4.72 Å². The van der Waals surface area contributed by atoms with E-state index in [-0.39, 0.29) is 17.2 Å². The standard InChI is InChI=1S/C14H14FNO3S/c1-10-5-6-14(7-11(10)9-17)20(18,19)16-13-4-2-3-12(15)8-13/h2-8,16-17H,9H2,1H3. The molecule has 4 nitrogen and oxygen atoms in total. The average molecular weight is 295 g/mol. The van der Waals surface area contributed by atoms with Crippen LogP contribution in [0.25, 0.3) is 0 Å². The third-order valence-corrected chi connectivity index (χ3v) is 4.26. The van der Waals surface area contributed by atoms with Gasteiger partial charge in [-0.15, -0.1) is 0 Å². The summed E-state index contributed by atoms with van der Waals surface area (Å²) in [6, 6.07) is 9.66. The Balaban J connectivity index is 2.35. The first-order valence-electron chi connectivity index (χ1n) is 5.91. The normalized spacial score (nSPS) is 11.3. The van der Waals surface area contributed by atoms with Crippen LogP contribution < -0.4 is 4.72 Å². The molecule has 20 heavy (non-hydrogen) atoms. The van der Waals surface area contributed by atoms with Crippen molar-refractivity contribution in [2.45, 2.75) is 18.4 Å². The molecule has 2 aromatic rings. The smallest absolute Gasteiger partial charge is 0.261 e. The monoisotopic (exact) mass is 295 g/mol. The number of halogens is 1. The van der Waals surface area contributed by atoms with Crippen molar-refractivity contribution in [3.8, 4) is 0 Å². The summed E-state index contributed by atoms with van der Waals surface area (Å²) in [5.41, 5.74) is 1.49. The quantitative estimate of drug-likeness (QED) is 0.910. The van der Waals surface area contributed by atoms with Gasteiger partial charge >= 0.3 is 0 Å². The maximum absolute atomic E-state index is 13.0. The molecule has 6 heteroatoms. The Morgan fingerprint density at radius 1 is 1.20 bits per heavy atom. The van der Waals surface area contributed by atoms with Gasteiger partial charge in [-0.2, -0.15) is 0 Å². The maximum atomic E-state index is 13.0. The fourth-order valence-corrected chi connectivity index (χ4v) is 2.85. The molecular formula is C14H14FNO3S. The highest BCUT2D eigenvalue weighted by molar-refractivity contribution is 7.92. The number of nitrogens with one attached hydrogen (secondary N) is 1. The molecule has 2 rings (SSSR count). The molecule has 2 N–H and O–H groups in total. The minimum Gasteiger partial charge on any atom is -0.392 e. The second-order valence-electron chi connectivity index (χ2n) is 4.36. The third-order valence-electron chi connectivity index (χ3n) is 2.88. The van der Waals surface area contributed by atoms with Crippen molar-refractivity contribution >= 4 is 15.7 Å². The van der Waals surface area contributed by atoms with E-state index in [1.165, 1.54) is 30.3 Å². The summed E-state index contributed by atoms with van der Waals surface area (Å²) in [4.78, 5) is 0.0245. The number of sulfonamides is 1. The maximum Gasteiger partial charge on any atom is 0.261 e. The lowest BCUT2D eigenvalue weighted by Gasteiger charge is -2.10. The molecule has 0 bridgehead atoms. The van der Waals surface area contributed by atoms with Crippen LogP contribution in [-0.2, 0) is 16.6 Å². The number of aliphatic hydroxyl groups is 1. The lowest BCUT2D eigenvalue weighted by Crippen LogP contribution is -2.13. The first kappa shape index (κ1) is 14.5. The van der Waals surface area contributed by atoms with Gasteiger partial charge in [0.05, 0.1) is 17.2 Å². The van der Waals surface area contributed by atoms with Crippen molar-refractivity contribution in [1.82, 2.24) is 0 Å². The van der Waals surface area contributed by atoms with Gasteiger partial charge in [-0.3, -0.25) is 4.72 Å². The number of rotatable bonds is 4. The highest BCUT2D eigenvalue weighted by atomic mass is 32.2. The van der Waals surface area contributed by atoms with E-state index < -0.39 is 15.8 Å². The Morgan fingerprint density at radius 3 is 2.60 bits per heavy atom. The number of aliphatic hydroxyl groups excluding tert-OH is 1. The van der Waals surface area contributed by atoms with Gasteiger partial charge < -0.3 is 5.11 Å². The fourth-order valence-electron chi connectivity index (χ4n) is 1.75. The summed E-state index contributed by atoms with van der Waals surface area (Å²) in [6.45, 7) is 1.54. The lowest BCUT2D eigenvalue weighted by atomic mass is 10.1. The van der Waals surface area contributed by atoms with E-state index in [9.17, 15) is 12.8 Å². The molecular weight excluding hydrogens is 281 g/mol. The van der Waals surface area contributed by atoms with Gasteiger partial charge in [-0.05, 0) is 48.4 Å². The summed E-state index contributed by atoms with van der Waals surface area (Å²) in [7, 11) is -3.81. The van der Waals surface area contributed by atoms with E-state index in [1.807, 2.05) is 0 Å². The summed E-state index contributed by atoms with van der Waals surface area (Å²) < 4.78 is 39.7. The Bertz CT molecular complexity index is 729.